The lowest BCUT2D eigenvalue weighted by atomic mass is 10.2. The molecule has 1 atom stereocenters. The van der Waals surface area contributed by atoms with Gasteiger partial charge in [0.2, 0.25) is 0 Å². The molecule has 1 aromatic carbocycles. The molecule has 0 radical (unpaired) electrons. The Balaban J connectivity index is 1.29. The van der Waals surface area contributed by atoms with Crippen molar-refractivity contribution in [1.29, 1.82) is 0 Å². The summed E-state index contributed by atoms with van der Waals surface area (Å²) in [5, 5.41) is 11.8. The number of nitrogens with zero attached hydrogens (tertiary/aromatic N) is 2. The number of hydrogen-bond donors (Lipinski definition) is 2. The number of ether oxygens (including phenoxy) is 2. The minimum absolute atomic E-state index is 0.134. The molecule has 26 heavy (non-hydrogen) atoms. The number of carbonyl (C=O) groups is 1. The van der Waals surface area contributed by atoms with E-state index in [2.05, 4.69) is 15.7 Å². The van der Waals surface area contributed by atoms with E-state index in [0.717, 1.165) is 16.4 Å². The molecule has 1 aliphatic heterocycles. The van der Waals surface area contributed by atoms with Crippen LogP contribution in [0, 0.1) is 0 Å². The van der Waals surface area contributed by atoms with Crippen LogP contribution in [0.1, 0.15) is 4.88 Å². The highest BCUT2D eigenvalue weighted by Crippen LogP contribution is 2.31. The van der Waals surface area contributed by atoms with Crippen molar-refractivity contribution in [2.45, 2.75) is 19.2 Å². The van der Waals surface area contributed by atoms with Gasteiger partial charge >= 0.3 is 6.03 Å². The zero-order valence-electron chi connectivity index (χ0n) is 13.9. The van der Waals surface area contributed by atoms with E-state index in [4.69, 9.17) is 9.47 Å². The van der Waals surface area contributed by atoms with Gasteiger partial charge in [-0.1, -0.05) is 18.2 Å². The summed E-state index contributed by atoms with van der Waals surface area (Å²) in [5.41, 5.74) is 0.630. The van der Waals surface area contributed by atoms with E-state index in [0.29, 0.717) is 25.4 Å². The first-order valence-electron chi connectivity index (χ1n) is 8.24. The predicted octanol–water partition coefficient (Wildman–Crippen LogP) is 3.11. The van der Waals surface area contributed by atoms with Gasteiger partial charge in [0.1, 0.15) is 6.61 Å². The third-order valence-corrected chi connectivity index (χ3v) is 4.73. The Labute approximate surface area is 154 Å². The summed E-state index contributed by atoms with van der Waals surface area (Å²) in [7, 11) is 0. The molecule has 3 aromatic rings. The SMILES string of the molecule is O=C(NCc1cccs1)Nc1cnn(C[C@@H]2COc3ccccc3O2)c1. The largest absolute Gasteiger partial charge is 0.486 e. The number of fused-ring (bicyclic) bond motifs is 1. The van der Waals surface area contributed by atoms with Crippen LogP contribution in [0.2, 0.25) is 0 Å². The van der Waals surface area contributed by atoms with Gasteiger partial charge in [-0.3, -0.25) is 4.68 Å². The Bertz CT molecular complexity index is 878. The molecule has 3 heterocycles. The van der Waals surface area contributed by atoms with Crippen LogP contribution in [-0.2, 0) is 13.1 Å². The van der Waals surface area contributed by atoms with Gasteiger partial charge in [-0.15, -0.1) is 11.3 Å². The van der Waals surface area contributed by atoms with E-state index in [1.54, 1.807) is 28.4 Å². The van der Waals surface area contributed by atoms with Gasteiger partial charge in [0.15, 0.2) is 17.6 Å². The maximum absolute atomic E-state index is 11.9. The first-order valence-corrected chi connectivity index (χ1v) is 9.12. The zero-order chi connectivity index (χ0) is 17.8. The second-order valence-electron chi connectivity index (χ2n) is 5.84. The minimum atomic E-state index is -0.260. The number of rotatable bonds is 5. The fourth-order valence-corrected chi connectivity index (χ4v) is 3.29. The van der Waals surface area contributed by atoms with Gasteiger partial charge in [-0.25, -0.2) is 4.79 Å². The number of carbonyl (C=O) groups excluding carboxylic acids is 1. The molecule has 2 amide bonds. The first kappa shape index (κ1) is 16.5. The molecule has 2 N–H and O–H groups in total. The highest BCUT2D eigenvalue weighted by molar-refractivity contribution is 7.09. The maximum Gasteiger partial charge on any atom is 0.319 e. The quantitative estimate of drug-likeness (QED) is 0.723. The standard InChI is InChI=1S/C18H18N4O3S/c23-18(19-9-15-4-3-7-26-15)21-13-8-20-22(10-13)11-14-12-24-16-5-1-2-6-17(16)25-14/h1-8,10,14H,9,11-12H2,(H2,19,21,23)/t14-/m1/s1. The van der Waals surface area contributed by atoms with E-state index in [1.807, 2.05) is 41.8 Å². The van der Waals surface area contributed by atoms with Gasteiger partial charge in [-0.05, 0) is 23.6 Å². The van der Waals surface area contributed by atoms with E-state index in [1.165, 1.54) is 0 Å². The Morgan fingerprint density at radius 1 is 1.27 bits per heavy atom. The number of amides is 2. The van der Waals surface area contributed by atoms with Crippen LogP contribution >= 0.6 is 11.3 Å². The second-order valence-corrected chi connectivity index (χ2v) is 6.87. The lowest BCUT2D eigenvalue weighted by Crippen LogP contribution is -2.33. The zero-order valence-corrected chi connectivity index (χ0v) is 14.7. The Morgan fingerprint density at radius 3 is 3.00 bits per heavy atom. The first-order chi connectivity index (χ1) is 12.8. The average molecular weight is 370 g/mol. The maximum atomic E-state index is 11.9. The lowest BCUT2D eigenvalue weighted by Gasteiger charge is -2.26. The summed E-state index contributed by atoms with van der Waals surface area (Å²) in [6, 6.07) is 11.3. The number of nitrogens with one attached hydrogen (secondary N) is 2. The fourth-order valence-electron chi connectivity index (χ4n) is 2.65. The smallest absolute Gasteiger partial charge is 0.319 e. The van der Waals surface area contributed by atoms with Crippen molar-refractivity contribution in [3.05, 3.63) is 59.0 Å². The van der Waals surface area contributed by atoms with E-state index < -0.39 is 0 Å². The van der Waals surface area contributed by atoms with Gasteiger partial charge in [0.25, 0.3) is 0 Å². The van der Waals surface area contributed by atoms with Crippen LogP contribution in [0.5, 0.6) is 11.5 Å². The summed E-state index contributed by atoms with van der Waals surface area (Å²) in [6.45, 7) is 1.50. The molecule has 1 aliphatic rings. The Hall–Kier alpha value is -3.00. The summed E-state index contributed by atoms with van der Waals surface area (Å²) in [6.07, 6.45) is 3.25. The van der Waals surface area contributed by atoms with Crippen LogP contribution < -0.4 is 20.1 Å². The highest BCUT2D eigenvalue weighted by atomic mass is 32.1. The molecule has 0 unspecified atom stereocenters. The van der Waals surface area contributed by atoms with Gasteiger partial charge in [0.05, 0.1) is 25.0 Å². The third-order valence-electron chi connectivity index (χ3n) is 3.85. The molecule has 0 spiro atoms. The molecule has 8 heteroatoms. The number of anilines is 1. The molecule has 0 aliphatic carbocycles. The molecule has 2 aromatic heterocycles. The summed E-state index contributed by atoms with van der Waals surface area (Å²) < 4.78 is 13.4. The molecular formula is C18H18N4O3S. The number of benzene rings is 1. The van der Waals surface area contributed by atoms with E-state index >= 15 is 0 Å². The van der Waals surface area contributed by atoms with E-state index in [-0.39, 0.29) is 12.1 Å². The van der Waals surface area contributed by atoms with Crippen LogP contribution in [0.3, 0.4) is 0 Å². The van der Waals surface area contributed by atoms with Gasteiger partial charge in [0, 0.05) is 11.1 Å². The normalized spacial score (nSPS) is 15.5. The topological polar surface area (TPSA) is 77.4 Å². The summed E-state index contributed by atoms with van der Waals surface area (Å²) >= 11 is 1.61. The van der Waals surface area contributed by atoms with Crippen LogP contribution in [-0.4, -0.2) is 28.5 Å². The molecule has 7 nitrogen and oxygen atoms in total. The second kappa shape index (κ2) is 7.49. The Morgan fingerprint density at radius 2 is 2.15 bits per heavy atom. The number of hydrogen-bond acceptors (Lipinski definition) is 5. The molecule has 0 bridgehead atoms. The van der Waals surface area contributed by atoms with Crippen molar-refractivity contribution >= 4 is 23.1 Å². The molecule has 4 rings (SSSR count). The highest BCUT2D eigenvalue weighted by Gasteiger charge is 2.21. The van der Waals surface area contributed by atoms with Gasteiger partial charge < -0.3 is 20.1 Å². The minimum Gasteiger partial charge on any atom is -0.486 e. The third kappa shape index (κ3) is 3.97. The fraction of sp³-hybridized carbons (Fsp3) is 0.222. The average Bonchev–Trinajstić information content (AvgIpc) is 3.32. The molecule has 0 saturated carbocycles. The summed E-state index contributed by atoms with van der Waals surface area (Å²) in [5.74, 6) is 1.50. The molecule has 134 valence electrons. The lowest BCUT2D eigenvalue weighted by molar-refractivity contribution is 0.0759. The molecule has 0 saturated heterocycles. The van der Waals surface area contributed by atoms with Gasteiger partial charge in [-0.2, -0.15) is 5.10 Å². The van der Waals surface area contributed by atoms with Crippen molar-refractivity contribution in [2.24, 2.45) is 0 Å². The molecular weight excluding hydrogens is 352 g/mol. The van der Waals surface area contributed by atoms with Crippen LogP contribution in [0.15, 0.2) is 54.2 Å². The Kier molecular flexibility index (Phi) is 4.74. The predicted molar refractivity (Wildman–Crippen MR) is 98.8 cm³/mol. The number of thiophene rings is 1. The van der Waals surface area contributed by atoms with Crippen LogP contribution in [0.25, 0.3) is 0 Å². The van der Waals surface area contributed by atoms with Crippen molar-refractivity contribution in [2.75, 3.05) is 11.9 Å². The monoisotopic (exact) mass is 370 g/mol. The molecule has 0 fully saturated rings. The van der Waals surface area contributed by atoms with Crippen molar-refractivity contribution in [3.63, 3.8) is 0 Å². The van der Waals surface area contributed by atoms with Crippen molar-refractivity contribution in [1.82, 2.24) is 15.1 Å². The van der Waals surface area contributed by atoms with Crippen molar-refractivity contribution in [3.8, 4) is 11.5 Å². The number of para-hydroxylation sites is 2. The van der Waals surface area contributed by atoms with Crippen LogP contribution in [0.4, 0.5) is 10.5 Å². The van der Waals surface area contributed by atoms with Crippen molar-refractivity contribution < 1.29 is 14.3 Å². The van der Waals surface area contributed by atoms with E-state index in [9.17, 15) is 4.79 Å². The summed E-state index contributed by atoms with van der Waals surface area (Å²) in [4.78, 5) is 13.0. The number of urea groups is 1. The number of aromatic nitrogens is 2.